The highest BCUT2D eigenvalue weighted by molar-refractivity contribution is 5.97. The Morgan fingerprint density at radius 3 is 2.41 bits per heavy atom. The smallest absolute Gasteiger partial charge is 0.333 e. The first kappa shape index (κ1) is 18.0. The Morgan fingerprint density at radius 2 is 1.86 bits per heavy atom. The molecule has 0 aromatic heterocycles. The number of ether oxygens (including phenoxy) is 1. The zero-order valence-corrected chi connectivity index (χ0v) is 13.8. The Hall–Kier alpha value is -2.10. The van der Waals surface area contributed by atoms with Crippen molar-refractivity contribution in [2.24, 2.45) is 0 Å². The third-order valence-corrected chi connectivity index (χ3v) is 2.77. The Labute approximate surface area is 132 Å². The first-order valence-electron chi connectivity index (χ1n) is 7.59. The SMILES string of the molecule is CCC/C=C/C(NC(=O)c1ccccc1)C(=O)OC(C)(C)C. The van der Waals surface area contributed by atoms with Crippen LogP contribution in [-0.4, -0.2) is 23.5 Å². The van der Waals surface area contributed by atoms with Gasteiger partial charge in [-0.15, -0.1) is 0 Å². The monoisotopic (exact) mass is 303 g/mol. The molecule has 0 spiro atoms. The molecule has 0 aliphatic carbocycles. The molecule has 1 rings (SSSR count). The number of carbonyl (C=O) groups is 2. The first-order valence-corrected chi connectivity index (χ1v) is 7.59. The molecule has 0 heterocycles. The minimum absolute atomic E-state index is 0.294. The number of benzene rings is 1. The van der Waals surface area contributed by atoms with E-state index in [9.17, 15) is 9.59 Å². The van der Waals surface area contributed by atoms with Crippen LogP contribution in [0.1, 0.15) is 50.9 Å². The number of esters is 1. The van der Waals surface area contributed by atoms with Crippen LogP contribution in [0.15, 0.2) is 42.5 Å². The number of hydrogen-bond acceptors (Lipinski definition) is 3. The summed E-state index contributed by atoms with van der Waals surface area (Å²) >= 11 is 0. The number of nitrogens with one attached hydrogen (secondary N) is 1. The summed E-state index contributed by atoms with van der Waals surface area (Å²) in [6, 6.07) is 8.03. The van der Waals surface area contributed by atoms with Crippen molar-refractivity contribution >= 4 is 11.9 Å². The average Bonchev–Trinajstić information content (AvgIpc) is 2.45. The first-order chi connectivity index (χ1) is 10.3. The Morgan fingerprint density at radius 1 is 1.23 bits per heavy atom. The second kappa shape index (κ2) is 8.37. The molecule has 1 aromatic rings. The van der Waals surface area contributed by atoms with Gasteiger partial charge in [-0.05, 0) is 39.3 Å². The van der Waals surface area contributed by atoms with Crippen LogP contribution >= 0.6 is 0 Å². The fraction of sp³-hybridized carbons (Fsp3) is 0.444. The molecule has 1 aromatic carbocycles. The standard InChI is InChI=1S/C18H25NO3/c1-5-6-8-13-15(17(21)22-18(2,3)4)19-16(20)14-11-9-7-10-12-14/h7-13,15H,5-6H2,1-4H3,(H,19,20)/b13-8+. The van der Waals surface area contributed by atoms with E-state index < -0.39 is 17.6 Å². The van der Waals surface area contributed by atoms with E-state index in [-0.39, 0.29) is 5.91 Å². The Bertz CT molecular complexity index is 515. The predicted octanol–water partition coefficient (Wildman–Crippen LogP) is 3.48. The lowest BCUT2D eigenvalue weighted by atomic mass is 10.1. The van der Waals surface area contributed by atoms with Gasteiger partial charge in [0.15, 0.2) is 0 Å². The third kappa shape index (κ3) is 6.57. The van der Waals surface area contributed by atoms with E-state index in [1.54, 1.807) is 51.1 Å². The van der Waals surface area contributed by atoms with Gasteiger partial charge in [-0.3, -0.25) is 4.79 Å². The molecular weight excluding hydrogens is 278 g/mol. The van der Waals surface area contributed by atoms with Crippen molar-refractivity contribution in [3.05, 3.63) is 48.0 Å². The van der Waals surface area contributed by atoms with Crippen molar-refractivity contribution < 1.29 is 14.3 Å². The number of unbranched alkanes of at least 4 members (excludes halogenated alkanes) is 1. The largest absolute Gasteiger partial charge is 0.458 e. The summed E-state index contributed by atoms with van der Waals surface area (Å²) in [6.07, 6.45) is 5.41. The number of carbonyl (C=O) groups excluding carboxylic acids is 2. The maximum absolute atomic E-state index is 12.2. The summed E-state index contributed by atoms with van der Waals surface area (Å²) in [5, 5.41) is 2.71. The molecule has 0 fully saturated rings. The van der Waals surface area contributed by atoms with Crippen LogP contribution < -0.4 is 5.32 Å². The molecule has 22 heavy (non-hydrogen) atoms. The van der Waals surface area contributed by atoms with Crippen molar-refractivity contribution in [3.8, 4) is 0 Å². The zero-order valence-electron chi connectivity index (χ0n) is 13.8. The predicted molar refractivity (Wildman–Crippen MR) is 87.6 cm³/mol. The minimum atomic E-state index is -0.779. The van der Waals surface area contributed by atoms with Crippen LogP contribution in [0.25, 0.3) is 0 Å². The summed E-state index contributed by atoms with van der Waals surface area (Å²) < 4.78 is 5.36. The van der Waals surface area contributed by atoms with E-state index in [0.717, 1.165) is 12.8 Å². The van der Waals surface area contributed by atoms with Gasteiger partial charge in [0.05, 0.1) is 0 Å². The normalized spacial score (nSPS) is 12.9. The molecule has 1 amide bonds. The second-order valence-corrected chi connectivity index (χ2v) is 6.07. The Balaban J connectivity index is 2.81. The highest BCUT2D eigenvalue weighted by Crippen LogP contribution is 2.10. The van der Waals surface area contributed by atoms with Gasteiger partial charge >= 0.3 is 5.97 Å². The van der Waals surface area contributed by atoms with Gasteiger partial charge in [0, 0.05) is 5.56 Å². The average molecular weight is 303 g/mol. The highest BCUT2D eigenvalue weighted by Gasteiger charge is 2.24. The number of amides is 1. The topological polar surface area (TPSA) is 55.4 Å². The summed E-state index contributed by atoms with van der Waals surface area (Å²) in [6.45, 7) is 7.46. The van der Waals surface area contributed by atoms with E-state index in [2.05, 4.69) is 12.2 Å². The maximum Gasteiger partial charge on any atom is 0.333 e. The molecule has 0 radical (unpaired) electrons. The summed E-state index contributed by atoms with van der Waals surface area (Å²) in [5.41, 5.74) is -0.0780. The van der Waals surface area contributed by atoms with Gasteiger partial charge in [-0.25, -0.2) is 4.79 Å². The fourth-order valence-corrected chi connectivity index (χ4v) is 1.76. The van der Waals surface area contributed by atoms with Crippen LogP contribution in [0.2, 0.25) is 0 Å². The quantitative estimate of drug-likeness (QED) is 0.646. The molecule has 4 nitrogen and oxygen atoms in total. The van der Waals surface area contributed by atoms with E-state index >= 15 is 0 Å². The summed E-state index contributed by atoms with van der Waals surface area (Å²) in [7, 11) is 0. The molecule has 0 aliphatic heterocycles. The van der Waals surface area contributed by atoms with Crippen LogP contribution in [0.3, 0.4) is 0 Å². The van der Waals surface area contributed by atoms with Gasteiger partial charge in [0.1, 0.15) is 11.6 Å². The molecule has 120 valence electrons. The maximum atomic E-state index is 12.2. The van der Waals surface area contributed by atoms with Gasteiger partial charge < -0.3 is 10.1 Å². The van der Waals surface area contributed by atoms with Gasteiger partial charge in [-0.2, -0.15) is 0 Å². The molecule has 0 bridgehead atoms. The van der Waals surface area contributed by atoms with E-state index in [4.69, 9.17) is 4.74 Å². The number of rotatable bonds is 6. The number of hydrogen-bond donors (Lipinski definition) is 1. The molecule has 0 saturated heterocycles. The van der Waals surface area contributed by atoms with Crippen LogP contribution in [0.5, 0.6) is 0 Å². The van der Waals surface area contributed by atoms with Gasteiger partial charge in [0.2, 0.25) is 0 Å². The van der Waals surface area contributed by atoms with E-state index in [0.29, 0.717) is 5.56 Å². The highest BCUT2D eigenvalue weighted by atomic mass is 16.6. The molecular formula is C18H25NO3. The van der Waals surface area contributed by atoms with E-state index in [1.165, 1.54) is 0 Å². The molecule has 1 unspecified atom stereocenters. The van der Waals surface area contributed by atoms with Crippen molar-refractivity contribution in [2.45, 2.75) is 52.2 Å². The van der Waals surface area contributed by atoms with Crippen molar-refractivity contribution in [1.29, 1.82) is 0 Å². The molecule has 1 atom stereocenters. The lowest BCUT2D eigenvalue weighted by Gasteiger charge is -2.23. The van der Waals surface area contributed by atoms with Gasteiger partial charge in [-0.1, -0.05) is 43.7 Å². The number of allylic oxidation sites excluding steroid dienone is 1. The van der Waals surface area contributed by atoms with Crippen molar-refractivity contribution in [1.82, 2.24) is 5.32 Å². The summed E-state index contributed by atoms with van der Waals surface area (Å²) in [4.78, 5) is 24.4. The lowest BCUT2D eigenvalue weighted by molar-refractivity contribution is -0.155. The van der Waals surface area contributed by atoms with Crippen LogP contribution in [0, 0.1) is 0 Å². The fourth-order valence-electron chi connectivity index (χ4n) is 1.76. The molecule has 4 heteroatoms. The van der Waals surface area contributed by atoms with E-state index in [1.807, 2.05) is 12.1 Å². The molecule has 0 saturated carbocycles. The van der Waals surface area contributed by atoms with Crippen LogP contribution in [-0.2, 0) is 9.53 Å². The minimum Gasteiger partial charge on any atom is -0.458 e. The van der Waals surface area contributed by atoms with Gasteiger partial charge in [0.25, 0.3) is 5.91 Å². The molecule has 1 N–H and O–H groups in total. The van der Waals surface area contributed by atoms with Crippen molar-refractivity contribution in [2.75, 3.05) is 0 Å². The molecule has 0 aliphatic rings. The van der Waals surface area contributed by atoms with Crippen LogP contribution in [0.4, 0.5) is 0 Å². The summed E-state index contributed by atoms with van der Waals surface area (Å²) in [5.74, 6) is -0.748. The lowest BCUT2D eigenvalue weighted by Crippen LogP contribution is -2.43. The zero-order chi connectivity index (χ0) is 16.6. The second-order valence-electron chi connectivity index (χ2n) is 6.07. The van der Waals surface area contributed by atoms with Crippen molar-refractivity contribution in [3.63, 3.8) is 0 Å². The Kier molecular flexibility index (Phi) is 6.83. The third-order valence-electron chi connectivity index (χ3n) is 2.77.